The molecule has 0 radical (unpaired) electrons. The minimum absolute atomic E-state index is 0.0802. The number of benzene rings is 1. The zero-order valence-corrected chi connectivity index (χ0v) is 12.7. The molecule has 1 heterocycles. The lowest BCUT2D eigenvalue weighted by atomic mass is 10.2. The highest BCUT2D eigenvalue weighted by atomic mass is 35.5. The van der Waals surface area contributed by atoms with Gasteiger partial charge < -0.3 is 10.6 Å². The van der Waals surface area contributed by atoms with Gasteiger partial charge in [-0.3, -0.25) is 0 Å². The summed E-state index contributed by atoms with van der Waals surface area (Å²) in [6, 6.07) is 1.29. The van der Waals surface area contributed by atoms with Crippen molar-refractivity contribution in [2.45, 2.75) is 31.0 Å². The van der Waals surface area contributed by atoms with Crippen LogP contribution < -0.4 is 10.6 Å². The summed E-state index contributed by atoms with van der Waals surface area (Å²) >= 11 is 12.5. The van der Waals surface area contributed by atoms with Gasteiger partial charge in [0, 0.05) is 18.0 Å². The van der Waals surface area contributed by atoms with Crippen LogP contribution in [0.1, 0.15) is 19.4 Å². The first-order chi connectivity index (χ1) is 9.20. The molecule has 0 bridgehead atoms. The van der Waals surface area contributed by atoms with Gasteiger partial charge in [0.2, 0.25) is 5.96 Å². The number of anilines is 1. The summed E-state index contributed by atoms with van der Waals surface area (Å²) in [5.41, 5.74) is -0.884. The Hall–Kier alpha value is -0.790. The SMILES string of the molecule is CC(C)NC1=NSc2cc(Cl)c(C(F)(F)F)c(Cl)c2N1. The topological polar surface area (TPSA) is 36.4 Å². The predicted octanol–water partition coefficient (Wildman–Crippen LogP) is 4.80. The van der Waals surface area contributed by atoms with E-state index in [2.05, 4.69) is 15.0 Å². The fourth-order valence-electron chi connectivity index (χ4n) is 1.62. The molecular formula is C11H10Cl2F3N3S. The highest BCUT2D eigenvalue weighted by Crippen LogP contribution is 2.48. The average Bonchev–Trinajstić information content (AvgIpc) is 2.27. The minimum Gasteiger partial charge on any atom is -0.353 e. The summed E-state index contributed by atoms with van der Waals surface area (Å²) in [7, 11) is 0. The van der Waals surface area contributed by atoms with Gasteiger partial charge in [-0.15, -0.1) is 0 Å². The number of nitrogens with one attached hydrogen (secondary N) is 2. The van der Waals surface area contributed by atoms with Crippen molar-refractivity contribution in [1.29, 1.82) is 0 Å². The first-order valence-electron chi connectivity index (χ1n) is 5.58. The first-order valence-corrected chi connectivity index (χ1v) is 7.11. The number of nitrogens with zero attached hydrogens (tertiary/aromatic N) is 1. The van der Waals surface area contributed by atoms with Crippen LogP contribution in [0, 0.1) is 0 Å². The van der Waals surface area contributed by atoms with Gasteiger partial charge in [0.15, 0.2) is 0 Å². The van der Waals surface area contributed by atoms with Crippen molar-refractivity contribution in [3.8, 4) is 0 Å². The van der Waals surface area contributed by atoms with Crippen molar-refractivity contribution in [3.63, 3.8) is 0 Å². The fraction of sp³-hybridized carbons (Fsp3) is 0.364. The molecule has 0 saturated carbocycles. The summed E-state index contributed by atoms with van der Waals surface area (Å²) in [6.45, 7) is 3.77. The Morgan fingerprint density at radius 3 is 2.55 bits per heavy atom. The quantitative estimate of drug-likeness (QED) is 0.719. The summed E-state index contributed by atoms with van der Waals surface area (Å²) in [6.07, 6.45) is -4.62. The van der Waals surface area contributed by atoms with E-state index in [1.807, 2.05) is 13.8 Å². The van der Waals surface area contributed by atoms with Crippen LogP contribution in [-0.4, -0.2) is 12.0 Å². The lowest BCUT2D eigenvalue weighted by molar-refractivity contribution is -0.137. The van der Waals surface area contributed by atoms with E-state index in [-0.39, 0.29) is 11.7 Å². The number of alkyl halides is 3. The Balaban J connectivity index is 2.44. The van der Waals surface area contributed by atoms with Crippen molar-refractivity contribution in [2.24, 2.45) is 4.40 Å². The van der Waals surface area contributed by atoms with Gasteiger partial charge in [-0.1, -0.05) is 23.2 Å². The second-order valence-electron chi connectivity index (χ2n) is 4.37. The summed E-state index contributed by atoms with van der Waals surface area (Å²) in [5, 5.41) is 4.84. The third-order valence-corrected chi connectivity index (χ3v) is 3.84. The minimum atomic E-state index is -4.62. The van der Waals surface area contributed by atoms with Gasteiger partial charge in [0.1, 0.15) is 0 Å². The second kappa shape index (κ2) is 5.54. The highest BCUT2D eigenvalue weighted by Gasteiger charge is 2.38. The van der Waals surface area contributed by atoms with Crippen LogP contribution in [-0.2, 0) is 6.18 Å². The van der Waals surface area contributed by atoms with E-state index in [1.54, 1.807) is 0 Å². The summed E-state index contributed by atoms with van der Waals surface area (Å²) in [5.74, 6) is 0.356. The molecule has 3 nitrogen and oxygen atoms in total. The normalized spacial score (nSPS) is 14.7. The van der Waals surface area contributed by atoms with E-state index < -0.39 is 21.8 Å². The maximum atomic E-state index is 12.9. The number of hydrogen-bond acceptors (Lipinski definition) is 4. The molecule has 1 aromatic rings. The molecule has 2 N–H and O–H groups in total. The molecule has 0 unspecified atom stereocenters. The number of halogens is 5. The monoisotopic (exact) mass is 343 g/mol. The van der Waals surface area contributed by atoms with E-state index in [4.69, 9.17) is 23.2 Å². The Labute approximate surface area is 128 Å². The van der Waals surface area contributed by atoms with Gasteiger partial charge in [0.05, 0.1) is 26.2 Å². The third kappa shape index (κ3) is 3.10. The van der Waals surface area contributed by atoms with Crippen LogP contribution in [0.5, 0.6) is 0 Å². The van der Waals surface area contributed by atoms with E-state index in [9.17, 15) is 13.2 Å². The Morgan fingerprint density at radius 2 is 2.00 bits per heavy atom. The van der Waals surface area contributed by atoms with E-state index in [0.717, 1.165) is 11.9 Å². The molecular weight excluding hydrogens is 334 g/mol. The number of guanidine groups is 1. The van der Waals surface area contributed by atoms with Crippen molar-refractivity contribution < 1.29 is 13.2 Å². The molecule has 2 rings (SSSR count). The molecule has 0 atom stereocenters. The maximum absolute atomic E-state index is 12.9. The molecule has 0 fully saturated rings. The van der Waals surface area contributed by atoms with Crippen LogP contribution in [0.25, 0.3) is 0 Å². The van der Waals surface area contributed by atoms with Crippen LogP contribution in [0.2, 0.25) is 10.0 Å². The molecule has 0 aromatic heterocycles. The molecule has 20 heavy (non-hydrogen) atoms. The van der Waals surface area contributed by atoms with Crippen molar-refractivity contribution in [2.75, 3.05) is 5.32 Å². The standard InChI is InChI=1S/C11H10Cl2F3N3S/c1-4(2)17-10-18-9-6(20-19-10)3-5(12)7(8(9)13)11(14,15)16/h3-4H,1-2H3,(H2,17,18,19). The molecule has 1 aromatic carbocycles. The van der Waals surface area contributed by atoms with Gasteiger partial charge in [-0.2, -0.15) is 17.6 Å². The largest absolute Gasteiger partial charge is 0.419 e. The van der Waals surface area contributed by atoms with Crippen molar-refractivity contribution in [3.05, 3.63) is 21.7 Å². The molecule has 1 aliphatic rings. The first kappa shape index (κ1) is 15.6. The molecule has 0 amide bonds. The molecule has 0 aliphatic carbocycles. The van der Waals surface area contributed by atoms with Crippen molar-refractivity contribution >= 4 is 46.8 Å². The van der Waals surface area contributed by atoms with Gasteiger partial charge in [-0.05, 0) is 19.9 Å². The fourth-order valence-corrected chi connectivity index (χ4v) is 3.16. The smallest absolute Gasteiger partial charge is 0.353 e. The van der Waals surface area contributed by atoms with Crippen LogP contribution >= 0.6 is 35.1 Å². The third-order valence-electron chi connectivity index (χ3n) is 2.37. The molecule has 0 saturated heterocycles. The molecule has 0 spiro atoms. The predicted molar refractivity (Wildman–Crippen MR) is 76.7 cm³/mol. The Bertz CT molecular complexity index is 573. The zero-order chi connectivity index (χ0) is 15.1. The number of fused-ring (bicyclic) bond motifs is 1. The van der Waals surface area contributed by atoms with Gasteiger partial charge in [0.25, 0.3) is 0 Å². The number of rotatable bonds is 1. The van der Waals surface area contributed by atoms with Gasteiger partial charge >= 0.3 is 6.18 Å². The van der Waals surface area contributed by atoms with E-state index in [0.29, 0.717) is 10.9 Å². The Kier molecular flexibility index (Phi) is 4.32. The van der Waals surface area contributed by atoms with Crippen LogP contribution in [0.4, 0.5) is 18.9 Å². The lowest BCUT2D eigenvalue weighted by Crippen LogP contribution is -2.36. The van der Waals surface area contributed by atoms with Crippen molar-refractivity contribution in [1.82, 2.24) is 5.32 Å². The van der Waals surface area contributed by atoms with E-state index >= 15 is 0 Å². The number of hydrogen-bond donors (Lipinski definition) is 2. The zero-order valence-electron chi connectivity index (χ0n) is 10.4. The lowest BCUT2D eigenvalue weighted by Gasteiger charge is -2.23. The average molecular weight is 344 g/mol. The summed E-state index contributed by atoms with van der Waals surface area (Å²) < 4.78 is 42.9. The highest BCUT2D eigenvalue weighted by molar-refractivity contribution is 7.98. The summed E-state index contributed by atoms with van der Waals surface area (Å²) in [4.78, 5) is 0.447. The van der Waals surface area contributed by atoms with Crippen LogP contribution in [0.15, 0.2) is 15.4 Å². The second-order valence-corrected chi connectivity index (χ2v) is 5.96. The molecule has 1 aliphatic heterocycles. The van der Waals surface area contributed by atoms with Crippen LogP contribution in [0.3, 0.4) is 0 Å². The maximum Gasteiger partial charge on any atom is 0.419 e. The Morgan fingerprint density at radius 1 is 1.35 bits per heavy atom. The molecule has 9 heteroatoms. The van der Waals surface area contributed by atoms with E-state index in [1.165, 1.54) is 6.07 Å². The molecule has 110 valence electrons. The van der Waals surface area contributed by atoms with Gasteiger partial charge in [-0.25, -0.2) is 0 Å².